The van der Waals surface area contributed by atoms with Crippen molar-refractivity contribution in [2.45, 2.75) is 39.2 Å². The highest BCUT2D eigenvalue weighted by molar-refractivity contribution is 7.23. The minimum atomic E-state index is -0.391. The SMILES string of the molecule is C[C@H]1COCCN1CCNc1ccc2c(n1)sc1nc(-c3ccc(NC(=O)Nc4cc(C(C)(C)C)on4)cc3)cn12. The summed E-state index contributed by atoms with van der Waals surface area (Å²) in [5.41, 5.74) is 3.30. The molecule has 12 heteroatoms. The number of hydrogen-bond donors (Lipinski definition) is 3. The number of carbonyl (C=O) groups excluding carboxylic acids is 1. The Labute approximate surface area is 241 Å². The number of fused-ring (bicyclic) bond motifs is 3. The second-order valence-electron chi connectivity index (χ2n) is 11.3. The van der Waals surface area contributed by atoms with Gasteiger partial charge in [0.25, 0.3) is 0 Å². The predicted molar refractivity (Wildman–Crippen MR) is 162 cm³/mol. The molecule has 3 N–H and O–H groups in total. The number of urea groups is 1. The van der Waals surface area contributed by atoms with E-state index in [0.29, 0.717) is 23.3 Å². The Kier molecular flexibility index (Phi) is 7.37. The fraction of sp³-hybridized carbons (Fsp3) is 0.379. The van der Waals surface area contributed by atoms with Crippen LogP contribution in [0.3, 0.4) is 0 Å². The van der Waals surface area contributed by atoms with Gasteiger partial charge in [-0.15, -0.1) is 0 Å². The summed E-state index contributed by atoms with van der Waals surface area (Å²) in [5, 5.41) is 12.9. The van der Waals surface area contributed by atoms with Gasteiger partial charge in [-0.3, -0.25) is 14.6 Å². The number of carbonyl (C=O) groups is 1. The quantitative estimate of drug-likeness (QED) is 0.227. The van der Waals surface area contributed by atoms with E-state index in [-0.39, 0.29) is 5.41 Å². The van der Waals surface area contributed by atoms with Gasteiger partial charge in [-0.05, 0) is 31.2 Å². The highest BCUT2D eigenvalue weighted by Crippen LogP contribution is 2.30. The van der Waals surface area contributed by atoms with Crippen molar-refractivity contribution in [1.82, 2.24) is 24.4 Å². The third-order valence-electron chi connectivity index (χ3n) is 7.10. The van der Waals surface area contributed by atoms with Gasteiger partial charge in [-0.1, -0.05) is 49.4 Å². The Morgan fingerprint density at radius 2 is 1.93 bits per heavy atom. The number of morpholine rings is 1. The van der Waals surface area contributed by atoms with Crippen LogP contribution in [0.5, 0.6) is 0 Å². The number of nitrogens with one attached hydrogen (secondary N) is 3. The summed E-state index contributed by atoms with van der Waals surface area (Å²) in [7, 11) is 0. The first-order chi connectivity index (χ1) is 19.7. The molecule has 1 fully saturated rings. The van der Waals surface area contributed by atoms with Gasteiger partial charge in [0, 0.05) is 54.6 Å². The van der Waals surface area contributed by atoms with Crippen LogP contribution >= 0.6 is 11.3 Å². The molecule has 2 amide bonds. The zero-order valence-corrected chi connectivity index (χ0v) is 24.4. The van der Waals surface area contributed by atoms with Gasteiger partial charge in [0.1, 0.15) is 16.4 Å². The number of rotatable bonds is 7. The summed E-state index contributed by atoms with van der Waals surface area (Å²) < 4.78 is 12.9. The van der Waals surface area contributed by atoms with E-state index < -0.39 is 6.03 Å². The number of aromatic nitrogens is 4. The van der Waals surface area contributed by atoms with E-state index in [1.807, 2.05) is 57.3 Å². The molecular weight excluding hydrogens is 540 g/mol. The largest absolute Gasteiger partial charge is 0.379 e. The van der Waals surface area contributed by atoms with Crippen molar-refractivity contribution in [3.05, 3.63) is 54.4 Å². The molecule has 1 aromatic carbocycles. The average Bonchev–Trinajstić information content (AvgIpc) is 3.65. The van der Waals surface area contributed by atoms with Gasteiger partial charge in [0.15, 0.2) is 10.8 Å². The molecule has 1 aliphatic heterocycles. The standard InChI is InChI=1S/C29H34N8O3S/c1-18-17-39-14-13-36(18)12-11-30-24-10-9-22-26(33-24)41-28-32-21(16-37(22)28)19-5-7-20(8-6-19)31-27(38)34-25-15-23(40-35-25)29(2,3)4/h5-10,15-16,18H,11-14,17H2,1-4H3,(H,30,33)(H2,31,34,35,38)/t18-/m0/s1. The van der Waals surface area contributed by atoms with Gasteiger partial charge < -0.3 is 19.9 Å². The molecule has 0 bridgehead atoms. The van der Waals surface area contributed by atoms with Crippen LogP contribution in [0.2, 0.25) is 0 Å². The lowest BCUT2D eigenvalue weighted by Gasteiger charge is -2.33. The Bertz CT molecular complexity index is 1670. The van der Waals surface area contributed by atoms with Crippen molar-refractivity contribution in [1.29, 1.82) is 0 Å². The molecule has 4 aromatic heterocycles. The van der Waals surface area contributed by atoms with E-state index in [1.54, 1.807) is 17.4 Å². The van der Waals surface area contributed by atoms with Crippen molar-refractivity contribution in [2.75, 3.05) is 48.8 Å². The molecule has 0 radical (unpaired) electrons. The number of thiazole rings is 1. The number of anilines is 3. The van der Waals surface area contributed by atoms with Crippen molar-refractivity contribution < 1.29 is 14.1 Å². The van der Waals surface area contributed by atoms with Crippen LogP contribution in [0, 0.1) is 0 Å². The topological polar surface area (TPSA) is 122 Å². The molecule has 1 saturated heterocycles. The van der Waals surface area contributed by atoms with Gasteiger partial charge in [0.2, 0.25) is 0 Å². The smallest absolute Gasteiger partial charge is 0.324 e. The normalized spacial score (nSPS) is 16.3. The minimum absolute atomic E-state index is 0.189. The average molecular weight is 575 g/mol. The van der Waals surface area contributed by atoms with Crippen molar-refractivity contribution in [3.8, 4) is 11.3 Å². The van der Waals surface area contributed by atoms with Crippen LogP contribution in [0.15, 0.2) is 53.2 Å². The van der Waals surface area contributed by atoms with Crippen molar-refractivity contribution in [2.24, 2.45) is 0 Å². The summed E-state index contributed by atoms with van der Waals surface area (Å²) in [6.45, 7) is 12.6. The molecule has 5 heterocycles. The van der Waals surface area contributed by atoms with Crippen molar-refractivity contribution in [3.63, 3.8) is 0 Å². The molecular formula is C29H34N8O3S. The van der Waals surface area contributed by atoms with Crippen LogP contribution in [0.25, 0.3) is 26.6 Å². The zero-order valence-electron chi connectivity index (χ0n) is 23.6. The molecule has 5 aromatic rings. The Morgan fingerprint density at radius 3 is 2.68 bits per heavy atom. The molecule has 0 saturated carbocycles. The number of benzene rings is 1. The molecule has 41 heavy (non-hydrogen) atoms. The van der Waals surface area contributed by atoms with Crippen LogP contribution in [-0.2, 0) is 10.2 Å². The van der Waals surface area contributed by atoms with E-state index in [9.17, 15) is 4.79 Å². The lowest BCUT2D eigenvalue weighted by molar-refractivity contribution is 0.00181. The summed E-state index contributed by atoms with van der Waals surface area (Å²) in [4.78, 5) is 26.3. The minimum Gasteiger partial charge on any atom is -0.379 e. The van der Waals surface area contributed by atoms with Crippen molar-refractivity contribution >= 4 is 50.0 Å². The number of ether oxygens (including phenoxy) is 1. The molecule has 214 valence electrons. The first-order valence-electron chi connectivity index (χ1n) is 13.7. The van der Waals surface area contributed by atoms with E-state index in [1.165, 1.54) is 0 Å². The first-order valence-corrected chi connectivity index (χ1v) is 14.5. The highest BCUT2D eigenvalue weighted by atomic mass is 32.1. The fourth-order valence-electron chi connectivity index (χ4n) is 4.74. The second kappa shape index (κ2) is 11.1. The molecule has 0 unspecified atom stereocenters. The monoisotopic (exact) mass is 574 g/mol. The van der Waals surface area contributed by atoms with Crippen LogP contribution in [-0.4, -0.2) is 69.3 Å². The van der Waals surface area contributed by atoms with E-state index in [0.717, 1.165) is 65.2 Å². The highest BCUT2D eigenvalue weighted by Gasteiger charge is 2.21. The number of imidazole rings is 1. The zero-order chi connectivity index (χ0) is 28.6. The van der Waals surface area contributed by atoms with Gasteiger partial charge in [-0.2, -0.15) is 0 Å². The van der Waals surface area contributed by atoms with Gasteiger partial charge in [0.05, 0.1) is 24.4 Å². The molecule has 0 spiro atoms. The third-order valence-corrected chi connectivity index (χ3v) is 8.07. The van der Waals surface area contributed by atoms with Gasteiger partial charge >= 0.3 is 6.03 Å². The summed E-state index contributed by atoms with van der Waals surface area (Å²) in [6, 6.07) is 13.5. The summed E-state index contributed by atoms with van der Waals surface area (Å²) in [6.07, 6.45) is 2.02. The molecule has 6 rings (SSSR count). The third kappa shape index (κ3) is 6.04. The van der Waals surface area contributed by atoms with E-state index >= 15 is 0 Å². The van der Waals surface area contributed by atoms with Crippen LogP contribution in [0.1, 0.15) is 33.5 Å². The molecule has 1 aliphatic rings. The summed E-state index contributed by atoms with van der Waals surface area (Å²) >= 11 is 1.56. The molecule has 0 aliphatic carbocycles. The molecule has 11 nitrogen and oxygen atoms in total. The maximum Gasteiger partial charge on any atom is 0.324 e. The number of hydrogen-bond acceptors (Lipinski definition) is 9. The van der Waals surface area contributed by atoms with Crippen LogP contribution < -0.4 is 16.0 Å². The number of nitrogens with zero attached hydrogens (tertiary/aromatic N) is 5. The number of amides is 2. The Hall–Kier alpha value is -4.00. The molecule has 1 atom stereocenters. The van der Waals surface area contributed by atoms with E-state index in [2.05, 4.69) is 43.4 Å². The van der Waals surface area contributed by atoms with E-state index in [4.69, 9.17) is 19.2 Å². The Balaban J connectivity index is 1.08. The maximum absolute atomic E-state index is 12.4. The lowest BCUT2D eigenvalue weighted by Crippen LogP contribution is -2.45. The lowest BCUT2D eigenvalue weighted by atomic mass is 9.93. The maximum atomic E-state index is 12.4. The summed E-state index contributed by atoms with van der Waals surface area (Å²) in [5.74, 6) is 1.94. The Morgan fingerprint density at radius 1 is 1.10 bits per heavy atom. The van der Waals surface area contributed by atoms with Gasteiger partial charge in [-0.25, -0.2) is 14.8 Å². The van der Waals surface area contributed by atoms with Crippen LogP contribution in [0.4, 0.5) is 22.1 Å². The first kappa shape index (κ1) is 27.2. The number of pyridine rings is 1. The predicted octanol–water partition coefficient (Wildman–Crippen LogP) is 5.67. The second-order valence-corrected chi connectivity index (χ2v) is 12.2. The fourth-order valence-corrected chi connectivity index (χ4v) is 5.72.